The van der Waals surface area contributed by atoms with Crippen molar-refractivity contribution < 1.29 is 23.7 Å². The summed E-state index contributed by atoms with van der Waals surface area (Å²) in [5, 5.41) is 6.57. The van der Waals surface area contributed by atoms with Gasteiger partial charge in [-0.2, -0.15) is 0 Å². The highest BCUT2D eigenvalue weighted by Gasteiger charge is 2.19. The molecule has 1 amide bonds. The fraction of sp³-hybridized carbons (Fsp3) is 0.220. The molecule has 0 aliphatic heterocycles. The summed E-state index contributed by atoms with van der Waals surface area (Å²) >= 11 is 19.1. The molecule has 0 aliphatic carbocycles. The van der Waals surface area contributed by atoms with Crippen molar-refractivity contribution in [2.75, 3.05) is 39.6 Å². The van der Waals surface area contributed by atoms with Crippen molar-refractivity contribution in [3.8, 4) is 17.0 Å². The van der Waals surface area contributed by atoms with Crippen molar-refractivity contribution in [2.24, 2.45) is 0 Å². The number of halogens is 3. The third-order valence-electron chi connectivity index (χ3n) is 8.85. The number of aromatic amines is 1. The average Bonchev–Trinajstić information content (AvgIpc) is 3.85. The second-order valence-corrected chi connectivity index (χ2v) is 13.8. The van der Waals surface area contributed by atoms with Crippen LogP contribution in [0.25, 0.3) is 32.9 Å². The molecule has 2 N–H and O–H groups in total. The van der Waals surface area contributed by atoms with E-state index in [0.717, 1.165) is 44.1 Å². The average molecular weight is 800 g/mol. The Balaban J connectivity index is 0.791. The normalized spacial score (nSPS) is 12.0. The number of hydrogen-bond acceptors (Lipinski definition) is 8. The molecule has 3 aromatic carbocycles. The van der Waals surface area contributed by atoms with Crippen LogP contribution in [0.3, 0.4) is 0 Å². The number of imidazole rings is 1. The highest BCUT2D eigenvalue weighted by atomic mass is 35.5. The van der Waals surface area contributed by atoms with Crippen LogP contribution in [0.5, 0.6) is 5.88 Å². The van der Waals surface area contributed by atoms with E-state index in [1.165, 1.54) is 0 Å². The van der Waals surface area contributed by atoms with Crippen LogP contribution in [-0.2, 0) is 27.4 Å². The third-order valence-corrected chi connectivity index (χ3v) is 9.77. The first-order valence-corrected chi connectivity index (χ1v) is 18.7. The lowest BCUT2D eigenvalue weighted by molar-refractivity contribution is 0.0280. The lowest BCUT2D eigenvalue weighted by atomic mass is 10.1. The Morgan fingerprint density at radius 1 is 0.782 bits per heavy atom. The van der Waals surface area contributed by atoms with Gasteiger partial charge in [-0.25, -0.2) is 9.97 Å². The van der Waals surface area contributed by atoms with Gasteiger partial charge >= 0.3 is 0 Å². The molecule has 55 heavy (non-hydrogen) atoms. The Morgan fingerprint density at radius 3 is 2.44 bits per heavy atom. The van der Waals surface area contributed by atoms with Crippen molar-refractivity contribution in [3.63, 3.8) is 0 Å². The molecule has 0 aliphatic rings. The van der Waals surface area contributed by atoms with Crippen molar-refractivity contribution in [2.45, 2.75) is 19.3 Å². The van der Waals surface area contributed by atoms with Crippen LogP contribution in [0.4, 0.5) is 0 Å². The molecule has 282 valence electrons. The number of hydrogen-bond donors (Lipinski definition) is 2. The molecule has 0 saturated carbocycles. The van der Waals surface area contributed by atoms with Crippen LogP contribution >= 0.6 is 34.8 Å². The van der Waals surface area contributed by atoms with Crippen LogP contribution in [0.2, 0.25) is 15.1 Å². The molecule has 4 heterocycles. The molecule has 1 unspecified atom stereocenters. The van der Waals surface area contributed by atoms with Gasteiger partial charge < -0.3 is 33.8 Å². The monoisotopic (exact) mass is 798 g/mol. The molecule has 0 radical (unpaired) electrons. The standard InChI is InChI=1S/C41H37Cl3N6O5/c42-31-5-1-30(35(43)21-31)25-55-39(24-50-13-11-46-26-50)33-7-3-28(19-36(33)44)41(51)47-12-14-52-15-16-53-17-18-54-40-8-4-29(22-48-40)27-2-6-32-34-23-45-10-9-37(34)49-38(32)20-27/h1-11,13,19-23,26,39,49H,12,14-18,24-25H2,(H,47,51). The van der Waals surface area contributed by atoms with E-state index in [4.69, 9.17) is 53.8 Å². The molecule has 0 bridgehead atoms. The van der Waals surface area contributed by atoms with E-state index in [1.807, 2.05) is 41.2 Å². The zero-order valence-electron chi connectivity index (χ0n) is 29.6. The Hall–Kier alpha value is -5.01. The smallest absolute Gasteiger partial charge is 0.251 e. The number of H-pyrrole nitrogens is 1. The van der Waals surface area contributed by atoms with Crippen LogP contribution in [0, 0.1) is 0 Å². The quantitative estimate of drug-likeness (QED) is 0.0827. The first kappa shape index (κ1) is 38.3. The highest BCUT2D eigenvalue weighted by Crippen LogP contribution is 2.32. The maximum absolute atomic E-state index is 12.9. The molecular weight excluding hydrogens is 763 g/mol. The molecular formula is C41H37Cl3N6O5. The molecule has 11 nitrogen and oxygen atoms in total. The Morgan fingerprint density at radius 2 is 1.64 bits per heavy atom. The molecule has 0 spiro atoms. The first-order chi connectivity index (χ1) is 26.9. The third kappa shape index (κ3) is 10.0. The summed E-state index contributed by atoms with van der Waals surface area (Å²) in [5.41, 5.74) is 6.11. The fourth-order valence-electron chi connectivity index (χ4n) is 6.01. The number of benzene rings is 3. The van der Waals surface area contributed by atoms with E-state index >= 15 is 0 Å². The van der Waals surface area contributed by atoms with Gasteiger partial charge in [0.2, 0.25) is 5.88 Å². The SMILES string of the molecule is O=C(NCCOCCOCCOc1ccc(-c2ccc3c(c2)[nH]c2ccncc23)cn1)c1ccc(C(Cn2ccnc2)OCc2ccc(Cl)cc2Cl)c(Cl)c1. The maximum Gasteiger partial charge on any atom is 0.251 e. The van der Waals surface area contributed by atoms with Crippen LogP contribution in [0.15, 0.2) is 110 Å². The highest BCUT2D eigenvalue weighted by molar-refractivity contribution is 6.35. The van der Waals surface area contributed by atoms with Crippen molar-refractivity contribution in [1.82, 2.24) is 29.8 Å². The second-order valence-electron chi connectivity index (χ2n) is 12.6. The van der Waals surface area contributed by atoms with Gasteiger partial charge in [0.05, 0.1) is 45.9 Å². The number of nitrogens with zero attached hydrogens (tertiary/aromatic N) is 4. The summed E-state index contributed by atoms with van der Waals surface area (Å²) < 4.78 is 25.2. The summed E-state index contributed by atoms with van der Waals surface area (Å²) in [5.74, 6) is 0.260. The van der Waals surface area contributed by atoms with Gasteiger partial charge in [0.25, 0.3) is 5.91 Å². The molecule has 1 atom stereocenters. The van der Waals surface area contributed by atoms with Gasteiger partial charge in [0.1, 0.15) is 12.7 Å². The number of aromatic nitrogens is 5. The maximum atomic E-state index is 12.9. The minimum absolute atomic E-state index is 0.240. The van der Waals surface area contributed by atoms with E-state index in [9.17, 15) is 4.79 Å². The first-order valence-electron chi connectivity index (χ1n) is 17.6. The summed E-state index contributed by atoms with van der Waals surface area (Å²) in [7, 11) is 0. The van der Waals surface area contributed by atoms with Gasteiger partial charge in [-0.05, 0) is 53.6 Å². The van der Waals surface area contributed by atoms with Crippen molar-refractivity contribution in [3.05, 3.63) is 142 Å². The Kier molecular flexibility index (Phi) is 12.9. The topological polar surface area (TPSA) is 125 Å². The van der Waals surface area contributed by atoms with Gasteiger partial charge in [-0.1, -0.05) is 59.1 Å². The van der Waals surface area contributed by atoms with Crippen LogP contribution in [0.1, 0.15) is 27.6 Å². The predicted octanol–water partition coefficient (Wildman–Crippen LogP) is 8.73. The number of fused-ring (bicyclic) bond motifs is 3. The molecule has 0 saturated heterocycles. The number of nitrogens with one attached hydrogen (secondary N) is 2. The number of carbonyl (C=O) groups excluding carboxylic acids is 1. The van der Waals surface area contributed by atoms with Gasteiger partial charge in [-0.3, -0.25) is 9.78 Å². The van der Waals surface area contributed by atoms with E-state index in [0.29, 0.717) is 72.6 Å². The van der Waals surface area contributed by atoms with E-state index in [1.54, 1.807) is 55.2 Å². The number of pyridine rings is 2. The molecule has 14 heteroatoms. The molecule has 4 aromatic heterocycles. The number of carbonyl (C=O) groups is 1. The fourth-order valence-corrected chi connectivity index (χ4v) is 6.78. The van der Waals surface area contributed by atoms with Crippen molar-refractivity contribution >= 4 is 62.5 Å². The lowest BCUT2D eigenvalue weighted by Crippen LogP contribution is -2.27. The number of ether oxygens (including phenoxy) is 4. The van der Waals surface area contributed by atoms with Crippen LogP contribution in [-0.4, -0.2) is 70.0 Å². The molecule has 7 aromatic rings. The number of rotatable bonds is 18. The lowest BCUT2D eigenvalue weighted by Gasteiger charge is -2.21. The molecule has 0 fully saturated rings. The number of amides is 1. The summed E-state index contributed by atoms with van der Waals surface area (Å²) in [6.07, 6.45) is 10.3. The van der Waals surface area contributed by atoms with E-state index < -0.39 is 6.10 Å². The largest absolute Gasteiger partial charge is 0.475 e. The van der Waals surface area contributed by atoms with E-state index in [-0.39, 0.29) is 12.5 Å². The zero-order chi connectivity index (χ0) is 38.0. The van der Waals surface area contributed by atoms with Gasteiger partial charge in [-0.15, -0.1) is 0 Å². The minimum Gasteiger partial charge on any atom is -0.475 e. The van der Waals surface area contributed by atoms with Gasteiger partial charge in [0.15, 0.2) is 0 Å². The Labute approximate surface area is 332 Å². The van der Waals surface area contributed by atoms with Crippen molar-refractivity contribution in [1.29, 1.82) is 0 Å². The minimum atomic E-state index is -0.437. The zero-order valence-corrected chi connectivity index (χ0v) is 31.9. The predicted molar refractivity (Wildman–Crippen MR) is 214 cm³/mol. The summed E-state index contributed by atoms with van der Waals surface area (Å²) in [6.45, 7) is 2.85. The van der Waals surface area contributed by atoms with E-state index in [2.05, 4.69) is 43.5 Å². The summed E-state index contributed by atoms with van der Waals surface area (Å²) in [6, 6.07) is 22.5. The summed E-state index contributed by atoms with van der Waals surface area (Å²) in [4.78, 5) is 29.1. The van der Waals surface area contributed by atoms with Gasteiger partial charge in [0, 0.05) is 97.2 Å². The Bertz CT molecular complexity index is 2350. The second kappa shape index (κ2) is 18.5. The van der Waals surface area contributed by atoms with Crippen LogP contribution < -0.4 is 10.1 Å². The molecule has 7 rings (SSSR count).